The van der Waals surface area contributed by atoms with Crippen LogP contribution in [0.3, 0.4) is 0 Å². The van der Waals surface area contributed by atoms with Gasteiger partial charge < -0.3 is 10.1 Å². The molecule has 2 aromatic rings. The Kier molecular flexibility index (Phi) is 7.07. The zero-order valence-corrected chi connectivity index (χ0v) is 15.6. The van der Waals surface area contributed by atoms with Crippen LogP contribution in [0.4, 0.5) is 5.69 Å². The standard InChI is InChI=1S/C20H23NO3S/c1-14(2)12-20(23)21-16-6-4-15(5-7-16)19(22)13-25-18-10-8-17(24-3)9-11-18/h4-11,14H,12-13H2,1-3H3,(H,21,23). The minimum Gasteiger partial charge on any atom is -0.497 e. The highest BCUT2D eigenvalue weighted by molar-refractivity contribution is 8.00. The van der Waals surface area contributed by atoms with E-state index in [1.54, 1.807) is 31.4 Å². The maximum absolute atomic E-state index is 12.3. The van der Waals surface area contributed by atoms with Crippen LogP contribution in [0.25, 0.3) is 0 Å². The van der Waals surface area contributed by atoms with Gasteiger partial charge in [0.05, 0.1) is 12.9 Å². The summed E-state index contributed by atoms with van der Waals surface area (Å²) in [4.78, 5) is 25.1. The lowest BCUT2D eigenvalue weighted by Gasteiger charge is -2.08. The lowest BCUT2D eigenvalue weighted by Crippen LogP contribution is -2.14. The van der Waals surface area contributed by atoms with Crippen LogP contribution in [0.1, 0.15) is 30.6 Å². The number of rotatable bonds is 8. The number of thioether (sulfide) groups is 1. The number of ether oxygens (including phenoxy) is 1. The van der Waals surface area contributed by atoms with E-state index in [1.807, 2.05) is 38.1 Å². The number of benzene rings is 2. The van der Waals surface area contributed by atoms with E-state index in [-0.39, 0.29) is 11.7 Å². The highest BCUT2D eigenvalue weighted by atomic mass is 32.2. The molecule has 0 fully saturated rings. The van der Waals surface area contributed by atoms with Gasteiger partial charge in [-0.05, 0) is 54.4 Å². The summed E-state index contributed by atoms with van der Waals surface area (Å²) in [6.45, 7) is 4.00. The van der Waals surface area contributed by atoms with Crippen molar-refractivity contribution in [2.24, 2.45) is 5.92 Å². The number of anilines is 1. The van der Waals surface area contributed by atoms with Crippen LogP contribution in [-0.4, -0.2) is 24.6 Å². The molecule has 0 spiro atoms. The Balaban J connectivity index is 1.88. The van der Waals surface area contributed by atoms with Crippen molar-refractivity contribution >= 4 is 29.1 Å². The Morgan fingerprint density at radius 2 is 1.68 bits per heavy atom. The van der Waals surface area contributed by atoms with E-state index >= 15 is 0 Å². The Bertz CT molecular complexity index is 709. The van der Waals surface area contributed by atoms with Crippen LogP contribution in [0, 0.1) is 5.92 Å². The van der Waals surface area contributed by atoms with E-state index in [0.717, 1.165) is 10.6 Å². The number of nitrogens with one attached hydrogen (secondary N) is 1. The van der Waals surface area contributed by atoms with Gasteiger partial charge in [-0.1, -0.05) is 13.8 Å². The van der Waals surface area contributed by atoms with Crippen molar-refractivity contribution in [2.45, 2.75) is 25.2 Å². The van der Waals surface area contributed by atoms with E-state index in [0.29, 0.717) is 29.3 Å². The maximum atomic E-state index is 12.3. The summed E-state index contributed by atoms with van der Waals surface area (Å²) in [5.41, 5.74) is 1.35. The van der Waals surface area contributed by atoms with E-state index in [2.05, 4.69) is 5.32 Å². The molecule has 4 nitrogen and oxygen atoms in total. The number of hydrogen-bond donors (Lipinski definition) is 1. The van der Waals surface area contributed by atoms with Gasteiger partial charge in [-0.2, -0.15) is 0 Å². The fourth-order valence-electron chi connectivity index (χ4n) is 2.23. The first-order valence-corrected chi connectivity index (χ1v) is 9.16. The van der Waals surface area contributed by atoms with Crippen molar-refractivity contribution in [1.82, 2.24) is 0 Å². The summed E-state index contributed by atoms with van der Waals surface area (Å²) in [6.07, 6.45) is 0.485. The molecule has 0 aliphatic carbocycles. The third-order valence-corrected chi connectivity index (χ3v) is 4.53. The molecule has 0 atom stereocenters. The summed E-state index contributed by atoms with van der Waals surface area (Å²) >= 11 is 1.49. The SMILES string of the molecule is COc1ccc(SCC(=O)c2ccc(NC(=O)CC(C)C)cc2)cc1. The summed E-state index contributed by atoms with van der Waals surface area (Å²) in [5, 5.41) is 2.84. The number of amides is 1. The zero-order chi connectivity index (χ0) is 18.2. The second-order valence-corrected chi connectivity index (χ2v) is 7.16. The molecule has 2 aromatic carbocycles. The first kappa shape index (κ1) is 19.1. The smallest absolute Gasteiger partial charge is 0.224 e. The first-order valence-electron chi connectivity index (χ1n) is 8.18. The Hall–Kier alpha value is -2.27. The number of ketones is 1. The molecule has 2 rings (SSSR count). The maximum Gasteiger partial charge on any atom is 0.224 e. The Morgan fingerprint density at radius 1 is 1.04 bits per heavy atom. The lowest BCUT2D eigenvalue weighted by atomic mass is 10.1. The van der Waals surface area contributed by atoms with Gasteiger partial charge in [0, 0.05) is 22.6 Å². The predicted molar refractivity (Wildman–Crippen MR) is 103 cm³/mol. The lowest BCUT2D eigenvalue weighted by molar-refractivity contribution is -0.116. The highest BCUT2D eigenvalue weighted by Gasteiger charge is 2.09. The summed E-state index contributed by atoms with van der Waals surface area (Å²) < 4.78 is 5.12. The molecule has 1 N–H and O–H groups in total. The Morgan fingerprint density at radius 3 is 2.24 bits per heavy atom. The molecule has 132 valence electrons. The largest absolute Gasteiger partial charge is 0.497 e. The average molecular weight is 357 g/mol. The van der Waals surface area contributed by atoms with Crippen molar-refractivity contribution in [3.05, 3.63) is 54.1 Å². The fraction of sp³-hybridized carbons (Fsp3) is 0.300. The van der Waals surface area contributed by atoms with Gasteiger partial charge >= 0.3 is 0 Å². The number of Topliss-reactive ketones (excluding diaryl/α,β-unsaturated/α-hetero) is 1. The number of carbonyl (C=O) groups excluding carboxylic acids is 2. The van der Waals surface area contributed by atoms with E-state index < -0.39 is 0 Å². The quantitative estimate of drug-likeness (QED) is 0.552. The van der Waals surface area contributed by atoms with Crippen molar-refractivity contribution in [3.63, 3.8) is 0 Å². The molecule has 0 aliphatic rings. The fourth-order valence-corrected chi connectivity index (χ4v) is 3.02. The molecule has 0 unspecified atom stereocenters. The van der Waals surface area contributed by atoms with Crippen LogP contribution >= 0.6 is 11.8 Å². The van der Waals surface area contributed by atoms with Gasteiger partial charge in [0.2, 0.25) is 5.91 Å². The van der Waals surface area contributed by atoms with Crippen LogP contribution in [0.15, 0.2) is 53.4 Å². The van der Waals surface area contributed by atoms with E-state index in [9.17, 15) is 9.59 Å². The average Bonchev–Trinajstić information content (AvgIpc) is 2.60. The molecular weight excluding hydrogens is 334 g/mol. The van der Waals surface area contributed by atoms with E-state index in [4.69, 9.17) is 4.74 Å². The number of carbonyl (C=O) groups is 2. The van der Waals surface area contributed by atoms with Crippen molar-refractivity contribution < 1.29 is 14.3 Å². The van der Waals surface area contributed by atoms with Crippen LogP contribution in [-0.2, 0) is 4.79 Å². The van der Waals surface area contributed by atoms with Crippen molar-refractivity contribution in [2.75, 3.05) is 18.2 Å². The molecule has 0 radical (unpaired) electrons. The molecule has 0 heterocycles. The summed E-state index contributed by atoms with van der Waals surface area (Å²) in [5.74, 6) is 1.53. The van der Waals surface area contributed by atoms with Crippen molar-refractivity contribution in [3.8, 4) is 5.75 Å². The molecule has 1 amide bonds. The zero-order valence-electron chi connectivity index (χ0n) is 14.7. The molecule has 0 saturated heterocycles. The number of hydrogen-bond acceptors (Lipinski definition) is 4. The van der Waals surface area contributed by atoms with Crippen molar-refractivity contribution in [1.29, 1.82) is 0 Å². The van der Waals surface area contributed by atoms with Crippen LogP contribution in [0.2, 0.25) is 0 Å². The molecular formula is C20H23NO3S. The Labute approximate surface area is 153 Å². The normalized spacial score (nSPS) is 10.6. The van der Waals surface area contributed by atoms with Gasteiger partial charge in [0.25, 0.3) is 0 Å². The predicted octanol–water partition coefficient (Wildman–Crippen LogP) is 4.65. The molecule has 0 aromatic heterocycles. The number of methoxy groups -OCH3 is 1. The van der Waals surface area contributed by atoms with Gasteiger partial charge in [-0.3, -0.25) is 9.59 Å². The van der Waals surface area contributed by atoms with Gasteiger partial charge in [-0.15, -0.1) is 11.8 Å². The first-order chi connectivity index (χ1) is 12.0. The van der Waals surface area contributed by atoms with E-state index in [1.165, 1.54) is 11.8 Å². The van der Waals surface area contributed by atoms with Crippen LogP contribution < -0.4 is 10.1 Å². The minimum absolute atomic E-state index is 0.0101. The second-order valence-electron chi connectivity index (χ2n) is 6.11. The van der Waals surface area contributed by atoms with Gasteiger partial charge in [0.1, 0.15) is 5.75 Å². The van der Waals surface area contributed by atoms with Gasteiger partial charge in [-0.25, -0.2) is 0 Å². The molecule has 25 heavy (non-hydrogen) atoms. The van der Waals surface area contributed by atoms with Gasteiger partial charge in [0.15, 0.2) is 5.78 Å². The third kappa shape index (κ3) is 6.27. The molecule has 0 bridgehead atoms. The third-order valence-electron chi connectivity index (χ3n) is 3.51. The summed E-state index contributed by atoms with van der Waals surface area (Å²) in [7, 11) is 1.63. The minimum atomic E-state index is -0.0101. The second kappa shape index (κ2) is 9.28. The highest BCUT2D eigenvalue weighted by Crippen LogP contribution is 2.22. The monoisotopic (exact) mass is 357 g/mol. The topological polar surface area (TPSA) is 55.4 Å². The summed E-state index contributed by atoms with van der Waals surface area (Å²) in [6, 6.07) is 14.7. The van der Waals surface area contributed by atoms with Crippen LogP contribution in [0.5, 0.6) is 5.75 Å². The molecule has 5 heteroatoms. The molecule has 0 aliphatic heterocycles. The molecule has 0 saturated carbocycles.